The van der Waals surface area contributed by atoms with E-state index in [0.717, 1.165) is 5.56 Å². The molecule has 0 unspecified atom stereocenters. The lowest BCUT2D eigenvalue weighted by Crippen LogP contribution is -2.17. The first kappa shape index (κ1) is 21.8. The van der Waals surface area contributed by atoms with Crippen molar-refractivity contribution in [2.45, 2.75) is 6.92 Å². The van der Waals surface area contributed by atoms with Crippen LogP contribution in [0.4, 0.5) is 0 Å². The van der Waals surface area contributed by atoms with E-state index in [0.29, 0.717) is 48.7 Å². The summed E-state index contributed by atoms with van der Waals surface area (Å²) in [5.74, 6) is 1.34. The number of benzene rings is 2. The third-order valence-corrected chi connectivity index (χ3v) is 5.79. The summed E-state index contributed by atoms with van der Waals surface area (Å²) >= 11 is 18.6. The number of hydrogen-bond acceptors (Lipinski definition) is 6. The molecule has 1 heterocycles. The standard InChI is InChI=1S/C20H17Cl2NO4S2/c1-11-7-13(3-4-14(11)21)26-5-6-27-18-15(22)8-12(9-16(18)25-2)10-17-19(24)23-20(28)29-17/h3-4,7-10H,5-6H2,1-2H3,(H,23,24,28). The summed E-state index contributed by atoms with van der Waals surface area (Å²) in [7, 11) is 1.52. The van der Waals surface area contributed by atoms with Crippen LogP contribution in [0.2, 0.25) is 10.0 Å². The molecule has 1 saturated heterocycles. The highest BCUT2D eigenvalue weighted by molar-refractivity contribution is 8.26. The Bertz CT molecular complexity index is 995. The molecule has 0 aliphatic carbocycles. The average Bonchev–Trinajstić information content (AvgIpc) is 2.99. The molecule has 0 spiro atoms. The van der Waals surface area contributed by atoms with Gasteiger partial charge in [-0.2, -0.15) is 0 Å². The van der Waals surface area contributed by atoms with Crippen molar-refractivity contribution in [2.75, 3.05) is 20.3 Å². The second kappa shape index (κ2) is 9.71. The Balaban J connectivity index is 1.66. The fraction of sp³-hybridized carbons (Fsp3) is 0.200. The van der Waals surface area contributed by atoms with E-state index in [9.17, 15) is 4.79 Å². The minimum Gasteiger partial charge on any atom is -0.493 e. The molecule has 0 bridgehead atoms. The summed E-state index contributed by atoms with van der Waals surface area (Å²) in [6, 6.07) is 8.89. The Labute approximate surface area is 188 Å². The molecule has 9 heteroatoms. The second-order valence-electron chi connectivity index (χ2n) is 5.99. The van der Waals surface area contributed by atoms with Gasteiger partial charge in [0.25, 0.3) is 5.91 Å². The van der Waals surface area contributed by atoms with Gasteiger partial charge in [0.2, 0.25) is 0 Å². The zero-order valence-electron chi connectivity index (χ0n) is 15.6. The lowest BCUT2D eigenvalue weighted by Gasteiger charge is -2.14. The predicted molar refractivity (Wildman–Crippen MR) is 121 cm³/mol. The van der Waals surface area contributed by atoms with Crippen LogP contribution in [0.5, 0.6) is 17.2 Å². The van der Waals surface area contributed by atoms with Gasteiger partial charge in [-0.15, -0.1) is 0 Å². The number of ether oxygens (including phenoxy) is 3. The molecule has 5 nitrogen and oxygen atoms in total. The zero-order chi connectivity index (χ0) is 21.0. The van der Waals surface area contributed by atoms with Crippen molar-refractivity contribution in [1.29, 1.82) is 0 Å². The number of aryl methyl sites for hydroxylation is 1. The van der Waals surface area contributed by atoms with Crippen LogP contribution in [-0.2, 0) is 4.79 Å². The molecule has 1 aliphatic heterocycles. The lowest BCUT2D eigenvalue weighted by atomic mass is 10.2. The van der Waals surface area contributed by atoms with E-state index in [2.05, 4.69) is 5.32 Å². The van der Waals surface area contributed by atoms with Gasteiger partial charge in [0, 0.05) is 5.02 Å². The summed E-state index contributed by atoms with van der Waals surface area (Å²) in [6.45, 7) is 2.50. The van der Waals surface area contributed by atoms with E-state index in [1.807, 2.05) is 13.0 Å². The molecule has 1 N–H and O–H groups in total. The first-order valence-corrected chi connectivity index (χ1v) is 10.5. The number of methoxy groups -OCH3 is 1. The van der Waals surface area contributed by atoms with Crippen molar-refractivity contribution in [3.8, 4) is 17.2 Å². The van der Waals surface area contributed by atoms with Crippen LogP contribution in [0, 0.1) is 6.92 Å². The van der Waals surface area contributed by atoms with Crippen LogP contribution in [0.25, 0.3) is 6.08 Å². The van der Waals surface area contributed by atoms with E-state index >= 15 is 0 Å². The smallest absolute Gasteiger partial charge is 0.263 e. The number of halogens is 2. The third kappa shape index (κ3) is 5.57. The maximum Gasteiger partial charge on any atom is 0.263 e. The van der Waals surface area contributed by atoms with Gasteiger partial charge in [-0.05, 0) is 54.5 Å². The molecule has 152 valence electrons. The number of thioether (sulfide) groups is 1. The molecule has 3 rings (SSSR count). The summed E-state index contributed by atoms with van der Waals surface area (Å²) in [5, 5.41) is 3.63. The van der Waals surface area contributed by atoms with Gasteiger partial charge >= 0.3 is 0 Å². The Kier molecular flexibility index (Phi) is 7.29. The molecule has 2 aromatic carbocycles. The Morgan fingerprint density at radius 1 is 1.14 bits per heavy atom. The SMILES string of the molecule is COc1cc(C=C2SC(=S)NC2=O)cc(Cl)c1OCCOc1ccc(Cl)c(C)c1. The Hall–Kier alpha value is -1.93. The van der Waals surface area contributed by atoms with E-state index in [-0.39, 0.29) is 12.5 Å². The van der Waals surface area contributed by atoms with Crippen LogP contribution in [0.15, 0.2) is 35.2 Å². The van der Waals surface area contributed by atoms with Crippen LogP contribution in [0.1, 0.15) is 11.1 Å². The molecule has 0 atom stereocenters. The number of hydrogen-bond donors (Lipinski definition) is 1. The van der Waals surface area contributed by atoms with Crippen molar-refractivity contribution < 1.29 is 19.0 Å². The highest BCUT2D eigenvalue weighted by Crippen LogP contribution is 2.38. The first-order valence-electron chi connectivity index (χ1n) is 8.51. The van der Waals surface area contributed by atoms with Crippen molar-refractivity contribution in [3.63, 3.8) is 0 Å². The van der Waals surface area contributed by atoms with Crippen LogP contribution >= 0.6 is 47.2 Å². The fourth-order valence-corrected chi connectivity index (χ4v) is 3.98. The molecule has 0 saturated carbocycles. The van der Waals surface area contributed by atoms with Crippen molar-refractivity contribution in [1.82, 2.24) is 5.32 Å². The summed E-state index contributed by atoms with van der Waals surface area (Å²) in [5.41, 5.74) is 1.64. The predicted octanol–water partition coefficient (Wildman–Crippen LogP) is 5.26. The van der Waals surface area contributed by atoms with Gasteiger partial charge in [-0.1, -0.05) is 47.2 Å². The summed E-state index contributed by atoms with van der Waals surface area (Å²) in [6.07, 6.45) is 1.70. The maximum atomic E-state index is 11.8. The summed E-state index contributed by atoms with van der Waals surface area (Å²) < 4.78 is 17.3. The van der Waals surface area contributed by atoms with Gasteiger partial charge < -0.3 is 19.5 Å². The molecule has 2 aromatic rings. The number of nitrogens with one attached hydrogen (secondary N) is 1. The van der Waals surface area contributed by atoms with Gasteiger partial charge in [-0.3, -0.25) is 4.79 Å². The topological polar surface area (TPSA) is 56.8 Å². The molecule has 0 aromatic heterocycles. The third-order valence-electron chi connectivity index (χ3n) is 3.92. The van der Waals surface area contributed by atoms with E-state index in [1.54, 1.807) is 30.3 Å². The zero-order valence-corrected chi connectivity index (χ0v) is 18.7. The quantitative estimate of drug-likeness (QED) is 0.339. The van der Waals surface area contributed by atoms with Gasteiger partial charge in [0.1, 0.15) is 23.3 Å². The molecule has 0 radical (unpaired) electrons. The lowest BCUT2D eigenvalue weighted by molar-refractivity contribution is -0.115. The number of carbonyl (C=O) groups excluding carboxylic acids is 1. The summed E-state index contributed by atoms with van der Waals surface area (Å²) in [4.78, 5) is 12.3. The van der Waals surface area contributed by atoms with Gasteiger partial charge in [-0.25, -0.2) is 0 Å². The van der Waals surface area contributed by atoms with Gasteiger partial charge in [0.05, 0.1) is 17.0 Å². The minimum absolute atomic E-state index is 0.231. The van der Waals surface area contributed by atoms with E-state index < -0.39 is 0 Å². The molecular formula is C20H17Cl2NO4S2. The van der Waals surface area contributed by atoms with Crippen LogP contribution in [0.3, 0.4) is 0 Å². The van der Waals surface area contributed by atoms with Crippen molar-refractivity contribution in [2.24, 2.45) is 0 Å². The van der Waals surface area contributed by atoms with Gasteiger partial charge in [0.15, 0.2) is 11.5 Å². The molecule has 1 amide bonds. The van der Waals surface area contributed by atoms with Crippen LogP contribution < -0.4 is 19.5 Å². The van der Waals surface area contributed by atoms with Crippen LogP contribution in [-0.4, -0.2) is 30.6 Å². The fourth-order valence-electron chi connectivity index (χ4n) is 2.55. The molecule has 1 aliphatic rings. The normalized spacial score (nSPS) is 14.8. The number of carbonyl (C=O) groups is 1. The van der Waals surface area contributed by atoms with Crippen molar-refractivity contribution in [3.05, 3.63) is 56.4 Å². The number of rotatable bonds is 7. The molecule has 29 heavy (non-hydrogen) atoms. The average molecular weight is 470 g/mol. The monoisotopic (exact) mass is 469 g/mol. The Morgan fingerprint density at radius 2 is 1.90 bits per heavy atom. The molecular weight excluding hydrogens is 453 g/mol. The number of amides is 1. The number of thiocarbonyl (C=S) groups is 1. The first-order chi connectivity index (χ1) is 13.9. The van der Waals surface area contributed by atoms with E-state index in [4.69, 9.17) is 49.6 Å². The molecule has 1 fully saturated rings. The van der Waals surface area contributed by atoms with Crippen molar-refractivity contribution >= 4 is 63.5 Å². The highest BCUT2D eigenvalue weighted by atomic mass is 35.5. The minimum atomic E-state index is -0.231. The van der Waals surface area contributed by atoms with E-state index in [1.165, 1.54) is 18.9 Å². The maximum absolute atomic E-state index is 11.8. The highest BCUT2D eigenvalue weighted by Gasteiger charge is 2.22. The largest absolute Gasteiger partial charge is 0.493 e. The second-order valence-corrected chi connectivity index (χ2v) is 8.53. The Morgan fingerprint density at radius 3 is 2.55 bits per heavy atom.